The summed E-state index contributed by atoms with van der Waals surface area (Å²) in [4.78, 5) is 47.2. The lowest BCUT2D eigenvalue weighted by molar-refractivity contribution is -0.140. The van der Waals surface area contributed by atoms with Gasteiger partial charge in [0.2, 0.25) is 21.8 Å². The van der Waals surface area contributed by atoms with Gasteiger partial charge in [0.05, 0.1) is 18.2 Å². The summed E-state index contributed by atoms with van der Waals surface area (Å²) < 4.78 is 35.3. The van der Waals surface area contributed by atoms with Gasteiger partial charge in [0.1, 0.15) is 18.1 Å². The minimum absolute atomic E-state index is 0.0285. The first-order valence-electron chi connectivity index (χ1n) is 18.8. The molecule has 290 valence electrons. The fourth-order valence-corrected chi connectivity index (χ4v) is 9.13. The summed E-state index contributed by atoms with van der Waals surface area (Å²) in [5, 5.41) is 6.91. The van der Waals surface area contributed by atoms with Crippen molar-refractivity contribution in [2.75, 3.05) is 51.5 Å². The van der Waals surface area contributed by atoms with Gasteiger partial charge in [-0.1, -0.05) is 73.3 Å². The quantitative estimate of drug-likeness (QED) is 0.196. The molecule has 3 fully saturated rings. The van der Waals surface area contributed by atoms with Gasteiger partial charge in [-0.2, -0.15) is 4.72 Å². The van der Waals surface area contributed by atoms with Crippen LogP contribution in [0.1, 0.15) is 56.1 Å². The Bertz CT molecular complexity index is 1830. The van der Waals surface area contributed by atoms with Crippen LogP contribution in [0, 0.1) is 0 Å². The highest BCUT2D eigenvalue weighted by Gasteiger charge is 2.54. The molecule has 54 heavy (non-hydrogen) atoms. The number of hydrogen-bond acceptors (Lipinski definition) is 8. The zero-order valence-corrected chi connectivity index (χ0v) is 32.4. The van der Waals surface area contributed by atoms with Crippen LogP contribution in [0.4, 0.5) is 5.69 Å². The van der Waals surface area contributed by atoms with Gasteiger partial charge in [0.25, 0.3) is 5.91 Å². The number of rotatable bonds is 15. The number of methoxy groups -OCH3 is 1. The van der Waals surface area contributed by atoms with Crippen LogP contribution in [0.2, 0.25) is 5.02 Å². The average Bonchev–Trinajstić information content (AvgIpc) is 3.44. The second kappa shape index (κ2) is 18.1. The summed E-state index contributed by atoms with van der Waals surface area (Å²) in [6.07, 6.45) is 6.05. The fraction of sp³-hybridized carbons (Fsp3) is 0.475. The summed E-state index contributed by atoms with van der Waals surface area (Å²) >= 11 is 6.13. The first-order chi connectivity index (χ1) is 26.1. The summed E-state index contributed by atoms with van der Waals surface area (Å²) in [6.45, 7) is 2.49. The molecule has 0 aromatic heterocycles. The minimum Gasteiger partial charge on any atom is -0.383 e. The van der Waals surface area contributed by atoms with E-state index in [9.17, 15) is 22.8 Å². The molecule has 0 bridgehead atoms. The van der Waals surface area contributed by atoms with E-state index in [4.69, 9.17) is 16.3 Å². The Morgan fingerprint density at radius 1 is 0.926 bits per heavy atom. The molecule has 1 atom stereocenters. The first-order valence-corrected chi connectivity index (χ1v) is 20.7. The number of anilines is 1. The minimum atomic E-state index is -4.09. The molecule has 0 unspecified atom stereocenters. The molecule has 3 aromatic carbocycles. The van der Waals surface area contributed by atoms with Gasteiger partial charge in [0.15, 0.2) is 0 Å². The number of nitrogens with one attached hydrogen (secondary N) is 3. The lowest BCUT2D eigenvalue weighted by Crippen LogP contribution is -2.59. The van der Waals surface area contributed by atoms with Crippen molar-refractivity contribution in [2.24, 2.45) is 0 Å². The monoisotopic (exact) mass is 778 g/mol. The standard InChI is InChI=1S/C40H51ClN6O6S/c1-53-25-22-42-27-31-14-18-35(19-15-31)54(51,52)44-36(26-30-12-16-32(41)17-13-30)38(49)45-23-20-40(21-24-45)39(50)46(29-47(40)34-10-6-3-7-11-34)28-37(48)43-33-8-4-2-5-9-33/h3,6-7,10-19,33,36,42,44H,2,4-5,8-9,20-29H2,1H3,(H,43,48)/t36-/m1/s1. The van der Waals surface area contributed by atoms with Crippen molar-refractivity contribution in [2.45, 2.75) is 80.4 Å². The number of likely N-dealkylation sites (tertiary alicyclic amines) is 1. The summed E-state index contributed by atoms with van der Waals surface area (Å²) in [6, 6.07) is 22.3. The first kappa shape index (κ1) is 39.7. The van der Waals surface area contributed by atoms with E-state index in [2.05, 4.69) is 20.3 Å². The third-order valence-electron chi connectivity index (χ3n) is 10.8. The van der Waals surface area contributed by atoms with Crippen molar-refractivity contribution >= 4 is 45.0 Å². The Balaban J connectivity index is 1.17. The van der Waals surface area contributed by atoms with Gasteiger partial charge in [-0.3, -0.25) is 14.4 Å². The molecule has 14 heteroatoms. The maximum absolute atomic E-state index is 14.3. The second-order valence-electron chi connectivity index (χ2n) is 14.5. The van der Waals surface area contributed by atoms with Crippen LogP contribution in [-0.2, 0) is 42.1 Å². The Morgan fingerprint density at radius 2 is 1.59 bits per heavy atom. The third-order valence-corrected chi connectivity index (χ3v) is 12.5. The maximum atomic E-state index is 14.3. The maximum Gasteiger partial charge on any atom is 0.250 e. The van der Waals surface area contributed by atoms with Crippen molar-refractivity contribution in [3.63, 3.8) is 0 Å². The van der Waals surface area contributed by atoms with Crippen molar-refractivity contribution < 1.29 is 27.5 Å². The molecule has 1 spiro atoms. The van der Waals surface area contributed by atoms with Crippen molar-refractivity contribution in [1.82, 2.24) is 25.2 Å². The molecule has 3 amide bonds. The van der Waals surface area contributed by atoms with E-state index in [1.807, 2.05) is 30.3 Å². The summed E-state index contributed by atoms with van der Waals surface area (Å²) in [5.74, 6) is -0.658. The Labute approximate surface area is 323 Å². The second-order valence-corrected chi connectivity index (χ2v) is 16.6. The highest BCUT2D eigenvalue weighted by Crippen LogP contribution is 2.39. The lowest BCUT2D eigenvalue weighted by Gasteiger charge is -2.44. The summed E-state index contributed by atoms with van der Waals surface area (Å²) in [7, 11) is -2.46. The van der Waals surface area contributed by atoms with Crippen LogP contribution in [-0.4, -0.2) is 100 Å². The molecular weight excluding hydrogens is 728 g/mol. The van der Waals surface area contributed by atoms with Gasteiger partial charge in [-0.25, -0.2) is 8.42 Å². The van der Waals surface area contributed by atoms with Gasteiger partial charge in [-0.05, 0) is 79.6 Å². The normalized spacial score (nSPS) is 18.3. The molecule has 6 rings (SSSR count). The van der Waals surface area contributed by atoms with Crippen LogP contribution in [0.3, 0.4) is 0 Å². The number of carbonyl (C=O) groups excluding carboxylic acids is 3. The molecule has 3 aliphatic rings. The molecule has 2 saturated heterocycles. The predicted octanol–water partition coefficient (Wildman–Crippen LogP) is 4.08. The molecule has 1 saturated carbocycles. The van der Waals surface area contributed by atoms with E-state index in [-0.39, 0.29) is 61.4 Å². The number of piperidine rings is 1. The molecule has 12 nitrogen and oxygen atoms in total. The van der Waals surface area contributed by atoms with E-state index in [1.54, 1.807) is 53.3 Å². The highest BCUT2D eigenvalue weighted by molar-refractivity contribution is 7.89. The Kier molecular flexibility index (Phi) is 13.3. The summed E-state index contributed by atoms with van der Waals surface area (Å²) in [5.41, 5.74) is 1.57. The molecule has 0 radical (unpaired) electrons. The lowest BCUT2D eigenvalue weighted by atomic mass is 9.85. The van der Waals surface area contributed by atoms with Crippen molar-refractivity contribution in [3.05, 3.63) is 95.0 Å². The van der Waals surface area contributed by atoms with Crippen LogP contribution in [0.5, 0.6) is 0 Å². The molecule has 2 heterocycles. The molecule has 1 aliphatic carbocycles. The number of halogens is 1. The van der Waals surface area contributed by atoms with Crippen LogP contribution >= 0.6 is 11.6 Å². The highest BCUT2D eigenvalue weighted by atomic mass is 35.5. The van der Waals surface area contributed by atoms with Gasteiger partial charge in [-0.15, -0.1) is 0 Å². The number of nitrogens with zero attached hydrogens (tertiary/aromatic N) is 3. The third kappa shape index (κ3) is 9.61. The van der Waals surface area contributed by atoms with Crippen molar-refractivity contribution in [3.8, 4) is 0 Å². The van der Waals surface area contributed by atoms with E-state index < -0.39 is 21.6 Å². The Hall–Kier alpha value is -4.01. The number of benzene rings is 3. The van der Waals surface area contributed by atoms with E-state index in [0.717, 1.165) is 42.5 Å². The number of hydrogen-bond donors (Lipinski definition) is 3. The number of para-hydroxylation sites is 1. The average molecular weight is 779 g/mol. The number of carbonyl (C=O) groups is 3. The number of ether oxygens (including phenoxy) is 1. The molecule has 3 N–H and O–H groups in total. The number of sulfonamides is 1. The van der Waals surface area contributed by atoms with Gasteiger partial charge < -0.3 is 30.1 Å². The van der Waals surface area contributed by atoms with Crippen LogP contribution in [0.15, 0.2) is 83.8 Å². The number of amides is 3. The van der Waals surface area contributed by atoms with Gasteiger partial charge >= 0.3 is 0 Å². The largest absolute Gasteiger partial charge is 0.383 e. The van der Waals surface area contributed by atoms with Crippen LogP contribution < -0.4 is 20.3 Å². The Morgan fingerprint density at radius 3 is 2.26 bits per heavy atom. The van der Waals surface area contributed by atoms with Crippen LogP contribution in [0.25, 0.3) is 0 Å². The molecule has 3 aromatic rings. The van der Waals surface area contributed by atoms with E-state index >= 15 is 0 Å². The zero-order chi connectivity index (χ0) is 38.1. The predicted molar refractivity (Wildman–Crippen MR) is 208 cm³/mol. The SMILES string of the molecule is COCCNCc1ccc(S(=O)(=O)N[C@H](Cc2ccc(Cl)cc2)C(=O)N2CCC3(CC2)C(=O)N(CC(=O)NC2CCCCC2)CN3c2ccccc2)cc1. The van der Waals surface area contributed by atoms with Crippen molar-refractivity contribution in [1.29, 1.82) is 0 Å². The molecule has 2 aliphatic heterocycles. The molecular formula is C40H51ClN6O6S. The topological polar surface area (TPSA) is 140 Å². The van der Waals surface area contributed by atoms with E-state index in [0.29, 0.717) is 37.6 Å². The van der Waals surface area contributed by atoms with Gasteiger partial charge in [0, 0.05) is 50.0 Å². The fourth-order valence-electron chi connectivity index (χ4n) is 7.82. The van der Waals surface area contributed by atoms with E-state index in [1.165, 1.54) is 18.6 Å². The smallest absolute Gasteiger partial charge is 0.250 e. The zero-order valence-electron chi connectivity index (χ0n) is 30.8.